The first-order valence-electron chi connectivity index (χ1n) is 7.17. The largest absolute Gasteiger partial charge is 0.497 e. The number of nitrogens with zero attached hydrogens (tertiary/aromatic N) is 4. The Morgan fingerprint density at radius 2 is 2.08 bits per heavy atom. The topological polar surface area (TPSA) is 105 Å². The molecule has 1 aromatic heterocycles. The van der Waals surface area contributed by atoms with Crippen LogP contribution in [-0.2, 0) is 0 Å². The fourth-order valence-corrected chi connectivity index (χ4v) is 2.77. The maximum Gasteiger partial charge on any atom is 0.276 e. The van der Waals surface area contributed by atoms with Crippen molar-refractivity contribution in [2.24, 2.45) is 5.92 Å². The molecule has 1 aromatic carbocycles. The normalized spacial score (nSPS) is 11.3. The molecule has 0 aliphatic heterocycles. The van der Waals surface area contributed by atoms with Crippen LogP contribution in [0.1, 0.15) is 12.8 Å². The number of ether oxygens (including phenoxy) is 2. The number of thioether (sulfide) groups is 1. The van der Waals surface area contributed by atoms with Crippen molar-refractivity contribution in [2.75, 3.05) is 20.0 Å². The number of methoxy groups -OCH3 is 2. The molecular formula is C16H16N4O3S. The summed E-state index contributed by atoms with van der Waals surface area (Å²) >= 11 is 1.30. The zero-order valence-electron chi connectivity index (χ0n) is 13.4. The van der Waals surface area contributed by atoms with Gasteiger partial charge in [0.05, 0.1) is 37.8 Å². The third-order valence-corrected chi connectivity index (χ3v) is 4.22. The van der Waals surface area contributed by atoms with E-state index in [9.17, 15) is 0 Å². The molecule has 0 bridgehead atoms. The number of aromatic nitrogens is 2. The number of hydrogen-bond acceptors (Lipinski definition) is 8. The van der Waals surface area contributed by atoms with E-state index in [4.69, 9.17) is 24.4 Å². The highest BCUT2D eigenvalue weighted by Crippen LogP contribution is 2.34. The van der Waals surface area contributed by atoms with Crippen LogP contribution in [0.25, 0.3) is 11.5 Å². The van der Waals surface area contributed by atoms with E-state index in [1.807, 2.05) is 6.07 Å². The summed E-state index contributed by atoms with van der Waals surface area (Å²) in [5.74, 6) is 1.85. The minimum Gasteiger partial charge on any atom is -0.497 e. The first kappa shape index (κ1) is 17.6. The van der Waals surface area contributed by atoms with Crippen molar-refractivity contribution in [1.29, 1.82) is 10.5 Å². The Hall–Kier alpha value is -2.71. The van der Waals surface area contributed by atoms with Gasteiger partial charge in [-0.15, -0.1) is 10.2 Å². The van der Waals surface area contributed by atoms with E-state index in [2.05, 4.69) is 16.3 Å². The summed E-state index contributed by atoms with van der Waals surface area (Å²) in [6, 6.07) is 9.52. The van der Waals surface area contributed by atoms with Gasteiger partial charge in [0.1, 0.15) is 11.5 Å². The predicted octanol–water partition coefficient (Wildman–Crippen LogP) is 3.29. The molecule has 0 unspecified atom stereocenters. The van der Waals surface area contributed by atoms with E-state index in [0.29, 0.717) is 46.8 Å². The molecule has 124 valence electrons. The van der Waals surface area contributed by atoms with Gasteiger partial charge in [0.25, 0.3) is 11.1 Å². The van der Waals surface area contributed by atoms with E-state index >= 15 is 0 Å². The van der Waals surface area contributed by atoms with Gasteiger partial charge in [0.2, 0.25) is 0 Å². The second-order valence-corrected chi connectivity index (χ2v) is 5.74. The molecule has 0 saturated carbocycles. The highest BCUT2D eigenvalue weighted by molar-refractivity contribution is 7.99. The summed E-state index contributed by atoms with van der Waals surface area (Å²) in [5.41, 5.74) is 0.666. The van der Waals surface area contributed by atoms with Crippen molar-refractivity contribution in [1.82, 2.24) is 10.2 Å². The van der Waals surface area contributed by atoms with Crippen LogP contribution in [0.3, 0.4) is 0 Å². The molecular weight excluding hydrogens is 328 g/mol. The minimum absolute atomic E-state index is 0.222. The van der Waals surface area contributed by atoms with Gasteiger partial charge >= 0.3 is 0 Å². The van der Waals surface area contributed by atoms with Gasteiger partial charge in [-0.1, -0.05) is 11.8 Å². The summed E-state index contributed by atoms with van der Waals surface area (Å²) < 4.78 is 16.1. The van der Waals surface area contributed by atoms with Gasteiger partial charge in [0, 0.05) is 18.2 Å². The molecule has 1 heterocycles. The Morgan fingerprint density at radius 1 is 1.25 bits per heavy atom. The molecule has 0 amide bonds. The molecule has 2 aromatic rings. The van der Waals surface area contributed by atoms with Gasteiger partial charge in [-0.3, -0.25) is 0 Å². The fourth-order valence-electron chi connectivity index (χ4n) is 1.95. The Labute approximate surface area is 144 Å². The van der Waals surface area contributed by atoms with Crippen molar-refractivity contribution in [3.8, 4) is 35.1 Å². The van der Waals surface area contributed by atoms with Crippen molar-refractivity contribution in [3.05, 3.63) is 18.2 Å². The highest BCUT2D eigenvalue weighted by atomic mass is 32.2. The molecule has 0 radical (unpaired) electrons. The van der Waals surface area contributed by atoms with Crippen LogP contribution in [0.15, 0.2) is 27.8 Å². The predicted molar refractivity (Wildman–Crippen MR) is 87.5 cm³/mol. The zero-order valence-corrected chi connectivity index (χ0v) is 14.2. The Bertz CT molecular complexity index is 763. The maximum absolute atomic E-state index is 9.06. The molecule has 0 aliphatic carbocycles. The van der Waals surface area contributed by atoms with E-state index in [1.165, 1.54) is 11.8 Å². The molecule has 1 atom stereocenters. The standard InChI is InChI=1S/C16H16N4O3S/c1-21-12-5-6-13(14(8-12)22-2)15-19-20-16(23-15)24-10-11(9-18)4-3-7-17/h5-6,8,11H,3-4,10H2,1-2H3/t11-/m1/s1. The van der Waals surface area contributed by atoms with Gasteiger partial charge in [-0.25, -0.2) is 0 Å². The summed E-state index contributed by atoms with van der Waals surface area (Å²) in [6.07, 6.45) is 0.893. The van der Waals surface area contributed by atoms with Gasteiger partial charge < -0.3 is 13.9 Å². The maximum atomic E-state index is 9.06. The van der Waals surface area contributed by atoms with Gasteiger partial charge in [-0.05, 0) is 18.6 Å². The van der Waals surface area contributed by atoms with Crippen LogP contribution < -0.4 is 9.47 Å². The molecule has 0 aliphatic rings. The van der Waals surface area contributed by atoms with Crippen LogP contribution in [0.4, 0.5) is 0 Å². The molecule has 0 saturated heterocycles. The molecule has 8 heteroatoms. The van der Waals surface area contributed by atoms with E-state index in [1.54, 1.807) is 32.4 Å². The minimum atomic E-state index is -0.222. The molecule has 24 heavy (non-hydrogen) atoms. The summed E-state index contributed by atoms with van der Waals surface area (Å²) in [4.78, 5) is 0. The number of nitriles is 2. The quantitative estimate of drug-likeness (QED) is 0.672. The molecule has 2 rings (SSSR count). The lowest BCUT2D eigenvalue weighted by Gasteiger charge is -2.07. The first-order valence-corrected chi connectivity index (χ1v) is 8.15. The lowest BCUT2D eigenvalue weighted by atomic mass is 10.1. The Kier molecular flexibility index (Phi) is 6.47. The summed E-state index contributed by atoms with van der Waals surface area (Å²) in [5, 5.41) is 26.0. The van der Waals surface area contributed by atoms with Crippen LogP contribution in [0, 0.1) is 28.6 Å². The monoisotopic (exact) mass is 344 g/mol. The number of hydrogen-bond donors (Lipinski definition) is 0. The second-order valence-electron chi connectivity index (χ2n) is 4.77. The number of rotatable bonds is 8. The highest BCUT2D eigenvalue weighted by Gasteiger charge is 2.16. The van der Waals surface area contributed by atoms with Crippen molar-refractivity contribution in [2.45, 2.75) is 18.1 Å². The van der Waals surface area contributed by atoms with Gasteiger partial charge in [0.15, 0.2) is 0 Å². The summed E-state index contributed by atoms with van der Waals surface area (Å²) in [7, 11) is 3.13. The lowest BCUT2D eigenvalue weighted by Crippen LogP contribution is -2.00. The molecule has 7 nitrogen and oxygen atoms in total. The van der Waals surface area contributed by atoms with Crippen molar-refractivity contribution >= 4 is 11.8 Å². The number of benzene rings is 1. The zero-order chi connectivity index (χ0) is 17.4. The lowest BCUT2D eigenvalue weighted by molar-refractivity contribution is 0.393. The third-order valence-electron chi connectivity index (χ3n) is 3.24. The summed E-state index contributed by atoms with van der Waals surface area (Å²) in [6.45, 7) is 0. The van der Waals surface area contributed by atoms with Crippen LogP contribution in [0.5, 0.6) is 11.5 Å². The second kappa shape index (κ2) is 8.80. The van der Waals surface area contributed by atoms with Gasteiger partial charge in [-0.2, -0.15) is 10.5 Å². The average molecular weight is 344 g/mol. The van der Waals surface area contributed by atoms with E-state index in [0.717, 1.165) is 0 Å². The molecule has 0 N–H and O–H groups in total. The third kappa shape index (κ3) is 4.40. The first-order chi connectivity index (χ1) is 11.7. The van der Waals surface area contributed by atoms with Crippen molar-refractivity contribution < 1.29 is 13.9 Å². The van der Waals surface area contributed by atoms with Crippen LogP contribution in [-0.4, -0.2) is 30.2 Å². The SMILES string of the molecule is COc1ccc(-c2nnc(SC[C@@H](C#N)CCC#N)o2)c(OC)c1. The van der Waals surface area contributed by atoms with Crippen LogP contribution >= 0.6 is 11.8 Å². The van der Waals surface area contributed by atoms with E-state index in [-0.39, 0.29) is 5.92 Å². The molecule has 0 fully saturated rings. The molecule has 0 spiro atoms. The van der Waals surface area contributed by atoms with E-state index < -0.39 is 0 Å². The van der Waals surface area contributed by atoms with Crippen LogP contribution in [0.2, 0.25) is 0 Å². The Balaban J connectivity index is 2.08. The van der Waals surface area contributed by atoms with Crippen molar-refractivity contribution in [3.63, 3.8) is 0 Å². The smallest absolute Gasteiger partial charge is 0.276 e. The fraction of sp³-hybridized carbons (Fsp3) is 0.375. The average Bonchev–Trinajstić information content (AvgIpc) is 3.10. The Morgan fingerprint density at radius 3 is 2.75 bits per heavy atom.